The van der Waals surface area contributed by atoms with Gasteiger partial charge in [0.05, 0.1) is 36.3 Å². The highest BCUT2D eigenvalue weighted by Crippen LogP contribution is 2.36. The summed E-state index contributed by atoms with van der Waals surface area (Å²) in [5.74, 6) is 1.50. The zero-order valence-electron chi connectivity index (χ0n) is 36.2. The van der Waals surface area contributed by atoms with Crippen LogP contribution in [-0.4, -0.2) is 60.7 Å². The third-order valence-corrected chi connectivity index (χ3v) is 12.1. The van der Waals surface area contributed by atoms with Gasteiger partial charge in [0.2, 0.25) is 11.8 Å². The van der Waals surface area contributed by atoms with Crippen molar-refractivity contribution >= 4 is 46.4 Å². The van der Waals surface area contributed by atoms with Gasteiger partial charge in [-0.15, -0.1) is 0 Å². The molecule has 326 valence electrons. The Morgan fingerprint density at radius 1 is 0.562 bits per heavy atom. The Balaban J connectivity index is 0.819. The third kappa shape index (κ3) is 9.68. The molecule has 2 atom stereocenters. The second kappa shape index (κ2) is 18.6. The van der Waals surface area contributed by atoms with Crippen LogP contribution < -0.4 is 36.1 Å². The number of carbonyl (C=O) groups excluding carboxylic acids is 4. The van der Waals surface area contributed by atoms with Crippen LogP contribution in [0, 0.1) is 0 Å². The van der Waals surface area contributed by atoms with Crippen molar-refractivity contribution in [1.29, 1.82) is 0 Å². The molecule has 2 saturated heterocycles. The number of rotatable bonds is 16. The highest BCUT2D eigenvalue weighted by molar-refractivity contribution is 6.23. The number of anilines is 4. The first kappa shape index (κ1) is 43.4. The van der Waals surface area contributed by atoms with E-state index >= 15 is 0 Å². The predicted molar refractivity (Wildman–Crippen MR) is 250 cm³/mol. The van der Waals surface area contributed by atoms with Crippen molar-refractivity contribution in [2.24, 2.45) is 0 Å². The lowest BCUT2D eigenvalue weighted by Gasteiger charge is -2.26. The summed E-state index contributed by atoms with van der Waals surface area (Å²) in [6.45, 7) is 5.50. The van der Waals surface area contributed by atoms with Gasteiger partial charge < -0.3 is 26.3 Å². The second-order valence-electron chi connectivity index (χ2n) is 16.9. The van der Waals surface area contributed by atoms with Crippen molar-refractivity contribution in [3.05, 3.63) is 168 Å². The van der Waals surface area contributed by atoms with E-state index in [1.54, 1.807) is 48.5 Å². The number of imide groups is 2. The molecule has 6 aromatic carbocycles. The number of carbonyl (C=O) groups is 4. The fourth-order valence-electron chi connectivity index (χ4n) is 8.16. The normalized spacial score (nSPS) is 16.6. The molecule has 0 radical (unpaired) electrons. The molecule has 0 aliphatic carbocycles. The van der Waals surface area contributed by atoms with Crippen LogP contribution in [0.4, 0.5) is 22.7 Å². The summed E-state index contributed by atoms with van der Waals surface area (Å²) in [6, 6.07) is 44.0. The SMILES string of the molecule is CN(CCc1ccc(N)cc1)C1CC(=O)N(c2ccc(Oc3ccc(C(C)(C)c4ccc(Oc5ccc(N6C(=O)CC(NCCc7ccc(N)cc7)C6=O)cc5)cc4)cc3)cc2)C1=O. The van der Waals surface area contributed by atoms with Gasteiger partial charge in [-0.1, -0.05) is 62.4 Å². The fraction of sp³-hybridized carbons (Fsp3) is 0.231. The van der Waals surface area contributed by atoms with Gasteiger partial charge in [-0.2, -0.15) is 0 Å². The molecule has 0 bridgehead atoms. The van der Waals surface area contributed by atoms with Gasteiger partial charge in [-0.05, 0) is 146 Å². The Morgan fingerprint density at radius 2 is 0.969 bits per heavy atom. The van der Waals surface area contributed by atoms with Crippen LogP contribution in [-0.2, 0) is 37.4 Å². The summed E-state index contributed by atoms with van der Waals surface area (Å²) in [4.78, 5) is 56.9. The molecule has 6 aromatic rings. The number of hydrogen-bond acceptors (Lipinski definition) is 10. The van der Waals surface area contributed by atoms with Gasteiger partial charge in [-0.3, -0.25) is 24.1 Å². The van der Waals surface area contributed by atoms with E-state index in [0.29, 0.717) is 65.3 Å². The van der Waals surface area contributed by atoms with Crippen molar-refractivity contribution < 1.29 is 28.7 Å². The minimum absolute atomic E-state index is 0.108. The summed E-state index contributed by atoms with van der Waals surface area (Å²) < 4.78 is 12.3. The number of amides is 4. The number of nitrogen functional groups attached to an aromatic ring is 2. The number of nitrogens with one attached hydrogen (secondary N) is 1. The summed E-state index contributed by atoms with van der Waals surface area (Å²) in [5.41, 5.74) is 18.1. The first-order chi connectivity index (χ1) is 30.8. The van der Waals surface area contributed by atoms with Crippen LogP contribution in [0.15, 0.2) is 146 Å². The maximum Gasteiger partial charge on any atom is 0.251 e. The van der Waals surface area contributed by atoms with E-state index in [9.17, 15) is 19.2 Å². The lowest BCUT2D eigenvalue weighted by molar-refractivity contribution is -0.123. The van der Waals surface area contributed by atoms with Crippen LogP contribution in [0.25, 0.3) is 0 Å². The largest absolute Gasteiger partial charge is 0.457 e. The molecule has 12 heteroatoms. The molecule has 2 fully saturated rings. The van der Waals surface area contributed by atoms with Gasteiger partial charge in [0.15, 0.2) is 0 Å². The lowest BCUT2D eigenvalue weighted by atomic mass is 9.78. The molecule has 64 heavy (non-hydrogen) atoms. The smallest absolute Gasteiger partial charge is 0.251 e. The van der Waals surface area contributed by atoms with Gasteiger partial charge in [0.25, 0.3) is 11.8 Å². The number of benzene rings is 6. The zero-order valence-corrected chi connectivity index (χ0v) is 36.2. The summed E-state index contributed by atoms with van der Waals surface area (Å²) in [7, 11) is 1.88. The molecule has 2 aliphatic heterocycles. The minimum atomic E-state index is -0.570. The highest BCUT2D eigenvalue weighted by Gasteiger charge is 2.42. The molecule has 2 heterocycles. The molecule has 0 spiro atoms. The van der Waals surface area contributed by atoms with E-state index in [0.717, 1.165) is 28.7 Å². The van der Waals surface area contributed by atoms with E-state index in [1.807, 2.05) is 109 Å². The molecule has 0 saturated carbocycles. The summed E-state index contributed by atoms with van der Waals surface area (Å²) >= 11 is 0. The van der Waals surface area contributed by atoms with Crippen LogP contribution >= 0.6 is 0 Å². The Bertz CT molecular complexity index is 2610. The van der Waals surface area contributed by atoms with Crippen LogP contribution in [0.2, 0.25) is 0 Å². The molecule has 8 rings (SSSR count). The number of nitrogens with zero attached hydrogens (tertiary/aromatic N) is 3. The van der Waals surface area contributed by atoms with Gasteiger partial charge in [0.1, 0.15) is 23.0 Å². The number of likely N-dealkylation sites (N-methyl/N-ethyl adjacent to an activating group) is 1. The van der Waals surface area contributed by atoms with Crippen LogP contribution in [0.3, 0.4) is 0 Å². The third-order valence-electron chi connectivity index (χ3n) is 12.1. The molecule has 2 unspecified atom stereocenters. The number of hydrogen-bond donors (Lipinski definition) is 3. The van der Waals surface area contributed by atoms with Crippen LogP contribution in [0.5, 0.6) is 23.0 Å². The van der Waals surface area contributed by atoms with E-state index in [1.165, 1.54) is 9.80 Å². The average molecular weight is 857 g/mol. The molecular formula is C52H52N6O6. The quantitative estimate of drug-likeness (QED) is 0.0643. The number of ether oxygens (including phenoxy) is 2. The number of nitrogens with two attached hydrogens (primary N) is 2. The first-order valence-corrected chi connectivity index (χ1v) is 21.5. The van der Waals surface area contributed by atoms with Crippen molar-refractivity contribution in [2.75, 3.05) is 41.4 Å². The lowest BCUT2D eigenvalue weighted by Crippen LogP contribution is -2.40. The van der Waals surface area contributed by atoms with E-state index in [4.69, 9.17) is 20.9 Å². The van der Waals surface area contributed by atoms with Crippen molar-refractivity contribution in [3.8, 4) is 23.0 Å². The average Bonchev–Trinajstić information content (AvgIpc) is 3.76. The first-order valence-electron chi connectivity index (χ1n) is 21.5. The maximum absolute atomic E-state index is 13.4. The Kier molecular flexibility index (Phi) is 12.6. The molecule has 4 amide bonds. The standard InChI is InChI=1S/C52H52N6O6/c1-52(2,36-8-20-42(21-9-36)63-44-24-16-40(17-25-44)57-48(59)32-46(50(57)61)55-30-28-34-4-12-38(53)13-5-34)37-10-22-43(23-11-37)64-45-26-18-41(19-27-45)58-49(60)33-47(51(58)62)56(3)31-29-35-6-14-39(54)15-7-35/h4-27,46-47,55H,28-33,53-54H2,1-3H3. The molecule has 0 aromatic heterocycles. The molecule has 5 N–H and O–H groups in total. The Morgan fingerprint density at radius 3 is 1.44 bits per heavy atom. The Labute approximate surface area is 373 Å². The minimum Gasteiger partial charge on any atom is -0.457 e. The monoisotopic (exact) mass is 856 g/mol. The fourth-order valence-corrected chi connectivity index (χ4v) is 8.16. The van der Waals surface area contributed by atoms with Gasteiger partial charge >= 0.3 is 0 Å². The van der Waals surface area contributed by atoms with Crippen molar-refractivity contribution in [2.45, 2.75) is 57.0 Å². The van der Waals surface area contributed by atoms with Crippen molar-refractivity contribution in [3.63, 3.8) is 0 Å². The second-order valence-corrected chi connectivity index (χ2v) is 16.9. The molecule has 2 aliphatic rings. The zero-order chi connectivity index (χ0) is 45.0. The topological polar surface area (TPSA) is 161 Å². The van der Waals surface area contributed by atoms with Gasteiger partial charge in [0, 0.05) is 23.3 Å². The Hall–Kier alpha value is -7.28. The van der Waals surface area contributed by atoms with Crippen molar-refractivity contribution in [1.82, 2.24) is 10.2 Å². The van der Waals surface area contributed by atoms with E-state index in [-0.39, 0.29) is 41.9 Å². The highest BCUT2D eigenvalue weighted by atomic mass is 16.5. The van der Waals surface area contributed by atoms with Gasteiger partial charge in [-0.25, -0.2) is 9.80 Å². The summed E-state index contributed by atoms with van der Waals surface area (Å²) in [6.07, 6.45) is 1.70. The summed E-state index contributed by atoms with van der Waals surface area (Å²) in [5, 5.41) is 3.23. The van der Waals surface area contributed by atoms with E-state index < -0.39 is 12.1 Å². The predicted octanol–water partition coefficient (Wildman–Crippen LogP) is 8.03. The molecule has 12 nitrogen and oxygen atoms in total. The van der Waals surface area contributed by atoms with Crippen LogP contribution in [0.1, 0.15) is 48.9 Å². The van der Waals surface area contributed by atoms with E-state index in [2.05, 4.69) is 19.2 Å². The molecular weight excluding hydrogens is 805 g/mol. The maximum atomic E-state index is 13.4.